The van der Waals surface area contributed by atoms with Crippen LogP contribution in [-0.4, -0.2) is 42.8 Å². The first-order valence-electron chi connectivity index (χ1n) is 10.4. The molecule has 1 aromatic rings. The highest BCUT2D eigenvalue weighted by atomic mass is 35.5. The van der Waals surface area contributed by atoms with Gasteiger partial charge in [-0.15, -0.1) is 0 Å². The van der Waals surface area contributed by atoms with Gasteiger partial charge in [0.2, 0.25) is 17.7 Å². The van der Waals surface area contributed by atoms with Gasteiger partial charge in [-0.25, -0.2) is 0 Å². The maximum atomic E-state index is 12.9. The van der Waals surface area contributed by atoms with Gasteiger partial charge in [-0.1, -0.05) is 11.6 Å². The molecule has 29 heavy (non-hydrogen) atoms. The molecule has 0 unspecified atom stereocenters. The summed E-state index contributed by atoms with van der Waals surface area (Å²) in [5.41, 5.74) is 0.356. The molecular formula is C22H28ClN3O3. The minimum atomic E-state index is -0.296. The third-order valence-electron chi connectivity index (χ3n) is 6.85. The molecule has 6 nitrogen and oxygen atoms in total. The molecule has 4 bridgehead atoms. The fourth-order valence-corrected chi connectivity index (χ4v) is 6.03. The molecule has 0 saturated heterocycles. The molecule has 0 spiro atoms. The molecule has 3 amide bonds. The Balaban J connectivity index is 1.25. The fourth-order valence-electron chi connectivity index (χ4n) is 5.90. The van der Waals surface area contributed by atoms with Crippen LogP contribution in [0.25, 0.3) is 0 Å². The van der Waals surface area contributed by atoms with Crippen LogP contribution in [0, 0.1) is 23.2 Å². The molecule has 0 heterocycles. The number of rotatable bonds is 6. The molecule has 4 aliphatic carbocycles. The topological polar surface area (TPSA) is 78.5 Å². The summed E-state index contributed by atoms with van der Waals surface area (Å²) in [6.45, 7) is -0.139. The molecule has 4 saturated carbocycles. The lowest BCUT2D eigenvalue weighted by molar-refractivity contribution is -0.147. The largest absolute Gasteiger partial charge is 0.347 e. The average Bonchev–Trinajstić information content (AvgIpc) is 2.66. The molecule has 0 atom stereocenters. The normalized spacial score (nSPS) is 29.4. The second-order valence-corrected chi connectivity index (χ2v) is 9.62. The summed E-state index contributed by atoms with van der Waals surface area (Å²) in [5, 5.41) is 6.19. The molecule has 1 aromatic carbocycles. The van der Waals surface area contributed by atoms with E-state index in [2.05, 4.69) is 10.6 Å². The number of halogens is 1. The van der Waals surface area contributed by atoms with Gasteiger partial charge in [0, 0.05) is 23.2 Å². The summed E-state index contributed by atoms with van der Waals surface area (Å²) in [7, 11) is 1.57. The Morgan fingerprint density at radius 2 is 1.59 bits per heavy atom. The first-order chi connectivity index (χ1) is 13.8. The fraction of sp³-hybridized carbons (Fsp3) is 0.591. The first kappa shape index (κ1) is 20.2. The molecule has 7 heteroatoms. The van der Waals surface area contributed by atoms with Crippen molar-refractivity contribution in [3.63, 3.8) is 0 Å². The van der Waals surface area contributed by atoms with Gasteiger partial charge in [0.25, 0.3) is 0 Å². The molecule has 4 fully saturated rings. The zero-order chi connectivity index (χ0) is 20.6. The third kappa shape index (κ3) is 4.42. The summed E-state index contributed by atoms with van der Waals surface area (Å²) >= 11 is 5.83. The second kappa shape index (κ2) is 7.98. The summed E-state index contributed by atoms with van der Waals surface area (Å²) in [6, 6.07) is 6.78. The molecule has 2 N–H and O–H groups in total. The lowest BCUT2D eigenvalue weighted by Crippen LogP contribution is -2.54. The third-order valence-corrected chi connectivity index (χ3v) is 7.11. The molecule has 0 aliphatic heterocycles. The van der Waals surface area contributed by atoms with Crippen LogP contribution in [0.1, 0.15) is 38.5 Å². The van der Waals surface area contributed by atoms with Gasteiger partial charge in [-0.05, 0) is 80.5 Å². The lowest BCUT2D eigenvalue weighted by atomic mass is 9.49. The van der Waals surface area contributed by atoms with Crippen molar-refractivity contribution in [2.45, 2.75) is 38.5 Å². The van der Waals surface area contributed by atoms with Crippen molar-refractivity contribution in [1.29, 1.82) is 0 Å². The van der Waals surface area contributed by atoms with E-state index in [-0.39, 0.29) is 36.2 Å². The highest BCUT2D eigenvalue weighted by molar-refractivity contribution is 6.30. The summed E-state index contributed by atoms with van der Waals surface area (Å²) in [6.07, 6.45) is 6.74. The Labute approximate surface area is 176 Å². The minimum absolute atomic E-state index is 0.0314. The quantitative estimate of drug-likeness (QED) is 0.746. The number of nitrogens with zero attached hydrogens (tertiary/aromatic N) is 1. The maximum Gasteiger partial charge on any atom is 0.243 e. The van der Waals surface area contributed by atoms with E-state index in [0.717, 1.165) is 19.3 Å². The van der Waals surface area contributed by atoms with Crippen molar-refractivity contribution in [3.05, 3.63) is 29.3 Å². The number of anilines is 1. The Morgan fingerprint density at radius 1 is 1.03 bits per heavy atom. The van der Waals surface area contributed by atoms with E-state index in [1.165, 1.54) is 24.2 Å². The summed E-state index contributed by atoms with van der Waals surface area (Å²) in [4.78, 5) is 38.9. The Morgan fingerprint density at radius 3 is 2.14 bits per heavy atom. The van der Waals surface area contributed by atoms with Crippen LogP contribution < -0.4 is 10.6 Å². The van der Waals surface area contributed by atoms with Crippen molar-refractivity contribution in [3.8, 4) is 0 Å². The van der Waals surface area contributed by atoms with Crippen molar-refractivity contribution in [2.75, 3.05) is 25.5 Å². The first-order valence-corrected chi connectivity index (χ1v) is 10.8. The van der Waals surface area contributed by atoms with Crippen molar-refractivity contribution in [1.82, 2.24) is 10.2 Å². The SMILES string of the molecule is CN(CC(=O)Nc1ccc(Cl)cc1)C(=O)CNC(=O)C12CC3CC(CC(C3)C1)C2. The zero-order valence-corrected chi connectivity index (χ0v) is 17.5. The van der Waals surface area contributed by atoms with Crippen molar-refractivity contribution >= 4 is 35.0 Å². The molecule has 0 aromatic heterocycles. The molecule has 156 valence electrons. The van der Waals surface area contributed by atoms with Gasteiger partial charge < -0.3 is 15.5 Å². The molecule has 0 radical (unpaired) electrons. The van der Waals surface area contributed by atoms with Gasteiger partial charge in [-0.3, -0.25) is 14.4 Å². The number of amides is 3. The number of benzene rings is 1. The molecular weight excluding hydrogens is 390 g/mol. The Bertz CT molecular complexity index is 773. The summed E-state index contributed by atoms with van der Waals surface area (Å²) < 4.78 is 0. The van der Waals surface area contributed by atoms with E-state index >= 15 is 0 Å². The standard InChI is InChI=1S/C22H28ClN3O3/c1-26(13-19(27)25-18-4-2-17(23)3-5-18)20(28)12-24-21(29)22-9-14-6-15(10-22)8-16(7-14)11-22/h2-5,14-16H,6-13H2,1H3,(H,24,29)(H,25,27). The average molecular weight is 418 g/mol. The number of nitrogens with one attached hydrogen (secondary N) is 2. The van der Waals surface area contributed by atoms with Gasteiger partial charge in [0.05, 0.1) is 13.1 Å². The maximum absolute atomic E-state index is 12.9. The zero-order valence-electron chi connectivity index (χ0n) is 16.7. The van der Waals surface area contributed by atoms with Crippen LogP contribution in [-0.2, 0) is 14.4 Å². The highest BCUT2D eigenvalue weighted by Gasteiger charge is 2.54. The van der Waals surface area contributed by atoms with E-state index in [1.807, 2.05) is 0 Å². The van der Waals surface area contributed by atoms with Crippen LogP contribution in [0.2, 0.25) is 5.02 Å². The number of hydrogen-bond acceptors (Lipinski definition) is 3. The van der Waals surface area contributed by atoms with Crippen LogP contribution in [0.5, 0.6) is 0 Å². The Hall–Kier alpha value is -2.08. The van der Waals surface area contributed by atoms with Crippen LogP contribution in [0.3, 0.4) is 0 Å². The van der Waals surface area contributed by atoms with Gasteiger partial charge in [0.15, 0.2) is 0 Å². The summed E-state index contributed by atoms with van der Waals surface area (Å²) in [5.74, 6) is 1.51. The highest BCUT2D eigenvalue weighted by Crippen LogP contribution is 2.60. The molecule has 4 aliphatic rings. The second-order valence-electron chi connectivity index (χ2n) is 9.19. The van der Waals surface area contributed by atoms with Crippen LogP contribution in [0.4, 0.5) is 5.69 Å². The lowest BCUT2D eigenvalue weighted by Gasteiger charge is -2.55. The monoisotopic (exact) mass is 417 g/mol. The molecule has 5 rings (SSSR count). The van der Waals surface area contributed by atoms with Crippen molar-refractivity contribution < 1.29 is 14.4 Å². The predicted molar refractivity (Wildman–Crippen MR) is 111 cm³/mol. The van der Waals surface area contributed by atoms with E-state index in [4.69, 9.17) is 11.6 Å². The Kier molecular flexibility index (Phi) is 5.56. The van der Waals surface area contributed by atoms with E-state index in [9.17, 15) is 14.4 Å². The van der Waals surface area contributed by atoms with Gasteiger partial charge in [0.1, 0.15) is 0 Å². The predicted octanol–water partition coefficient (Wildman–Crippen LogP) is 3.07. The number of carbonyl (C=O) groups excluding carboxylic acids is 3. The van der Waals surface area contributed by atoms with E-state index in [0.29, 0.717) is 28.5 Å². The number of hydrogen-bond donors (Lipinski definition) is 2. The van der Waals surface area contributed by atoms with E-state index < -0.39 is 0 Å². The minimum Gasteiger partial charge on any atom is -0.347 e. The smallest absolute Gasteiger partial charge is 0.243 e. The van der Waals surface area contributed by atoms with E-state index in [1.54, 1.807) is 31.3 Å². The van der Waals surface area contributed by atoms with Gasteiger partial charge >= 0.3 is 0 Å². The van der Waals surface area contributed by atoms with Crippen LogP contribution >= 0.6 is 11.6 Å². The number of likely N-dealkylation sites (N-methyl/N-ethyl adjacent to an activating group) is 1. The van der Waals surface area contributed by atoms with Crippen LogP contribution in [0.15, 0.2) is 24.3 Å². The number of carbonyl (C=O) groups is 3. The van der Waals surface area contributed by atoms with Gasteiger partial charge in [-0.2, -0.15) is 0 Å². The van der Waals surface area contributed by atoms with Crippen molar-refractivity contribution in [2.24, 2.45) is 23.2 Å².